The lowest BCUT2D eigenvalue weighted by molar-refractivity contribution is -0.588. The van der Waals surface area contributed by atoms with Gasteiger partial charge in [0.15, 0.2) is 0 Å². The molecule has 0 radical (unpaired) electrons. The molecule has 1 aliphatic rings. The van der Waals surface area contributed by atoms with E-state index in [1.807, 2.05) is 48.5 Å². The van der Waals surface area contributed by atoms with E-state index in [-0.39, 0.29) is 5.91 Å². The van der Waals surface area contributed by atoms with Crippen LogP contribution in [0.3, 0.4) is 0 Å². The topological polar surface area (TPSA) is 50.4 Å². The summed E-state index contributed by atoms with van der Waals surface area (Å²) in [4.78, 5) is 14.5. The van der Waals surface area contributed by atoms with Gasteiger partial charge in [-0.15, -0.1) is 4.57 Å². The van der Waals surface area contributed by atoms with Crippen molar-refractivity contribution in [3.8, 4) is 11.5 Å². The van der Waals surface area contributed by atoms with Crippen LogP contribution in [0.15, 0.2) is 0 Å². The minimum atomic E-state index is -0.901. The lowest BCUT2D eigenvalue weighted by atomic mass is 9.86. The Balaban J connectivity index is 2.08. The number of carbonyl (C=O) groups is 1. The molecule has 0 amide bonds. The molecule has 2 aromatic rings. The quantitative estimate of drug-likeness (QED) is 0.782. The average Bonchev–Trinajstić information content (AvgIpc) is 2.82. The number of phenols is 1. The highest BCUT2D eigenvalue weighted by Crippen LogP contribution is 2.43. The zero-order valence-corrected chi connectivity index (χ0v) is 16.8. The SMILES string of the molecule is Cc1sc(C)[n+](C(=O)C2(C)CCc3c(C)c(O)c(C)c(C)c3O2)c1C. The maximum Gasteiger partial charge on any atom is 0.436 e. The summed E-state index contributed by atoms with van der Waals surface area (Å²) in [5.41, 5.74) is 3.69. The van der Waals surface area contributed by atoms with Gasteiger partial charge in [0.25, 0.3) is 0 Å². The third-order valence-electron chi connectivity index (χ3n) is 5.64. The van der Waals surface area contributed by atoms with Crippen LogP contribution in [0.5, 0.6) is 11.5 Å². The number of aryl methyl sites for hydroxylation is 2. The van der Waals surface area contributed by atoms with E-state index in [9.17, 15) is 9.90 Å². The van der Waals surface area contributed by atoms with Gasteiger partial charge in [-0.1, -0.05) is 11.3 Å². The predicted octanol–water partition coefficient (Wildman–Crippen LogP) is 4.02. The van der Waals surface area contributed by atoms with E-state index in [0.29, 0.717) is 12.2 Å². The Morgan fingerprint density at radius 3 is 2.32 bits per heavy atom. The largest absolute Gasteiger partial charge is 0.507 e. The summed E-state index contributed by atoms with van der Waals surface area (Å²) in [7, 11) is 0. The molecule has 0 spiro atoms. The van der Waals surface area contributed by atoms with Crippen LogP contribution in [0.4, 0.5) is 0 Å². The molecule has 1 aromatic carbocycles. The number of thiazole rings is 1. The number of ether oxygens (including phenoxy) is 1. The maximum absolute atomic E-state index is 13.3. The number of hydrogen-bond acceptors (Lipinski definition) is 4. The fourth-order valence-electron chi connectivity index (χ4n) is 3.66. The summed E-state index contributed by atoms with van der Waals surface area (Å²) in [6.45, 7) is 13.6. The van der Waals surface area contributed by atoms with Crippen LogP contribution in [-0.4, -0.2) is 16.6 Å². The standard InChI is InChI=1S/C20H25NO3S/c1-10-11(2)18-16(12(3)17(10)22)8-9-20(7,24-18)19(23)21-13(4)14(5)25-15(21)6/h8-9H2,1-7H3/p+1. The van der Waals surface area contributed by atoms with Gasteiger partial charge in [-0.05, 0) is 57.7 Å². The first-order valence-corrected chi connectivity index (χ1v) is 9.44. The fourth-order valence-corrected chi connectivity index (χ4v) is 4.66. The molecule has 1 atom stereocenters. The number of hydrogen-bond donors (Lipinski definition) is 1. The van der Waals surface area contributed by atoms with Gasteiger partial charge in [-0.3, -0.25) is 0 Å². The third-order valence-corrected chi connectivity index (χ3v) is 6.72. The van der Waals surface area contributed by atoms with E-state index in [1.54, 1.807) is 15.9 Å². The number of benzene rings is 1. The van der Waals surface area contributed by atoms with Gasteiger partial charge in [-0.25, -0.2) is 4.79 Å². The van der Waals surface area contributed by atoms with Gasteiger partial charge in [-0.2, -0.15) is 0 Å². The average molecular weight is 360 g/mol. The lowest BCUT2D eigenvalue weighted by Gasteiger charge is -2.34. The molecule has 5 heteroatoms. The Labute approximate surface area is 153 Å². The highest BCUT2D eigenvalue weighted by Gasteiger charge is 2.48. The Bertz CT molecular complexity index is 897. The van der Waals surface area contributed by atoms with E-state index in [4.69, 9.17) is 4.74 Å². The van der Waals surface area contributed by atoms with Crippen LogP contribution < -0.4 is 9.30 Å². The Morgan fingerprint density at radius 2 is 1.76 bits per heavy atom. The summed E-state index contributed by atoms with van der Waals surface area (Å²) < 4.78 is 8.12. The van der Waals surface area contributed by atoms with E-state index in [2.05, 4.69) is 0 Å². The molecule has 134 valence electrons. The molecular formula is C20H26NO3S+. The highest BCUT2D eigenvalue weighted by atomic mass is 32.1. The molecule has 0 fully saturated rings. The zero-order chi connectivity index (χ0) is 18.7. The number of fused-ring (bicyclic) bond motifs is 1. The predicted molar refractivity (Wildman–Crippen MR) is 99.0 cm³/mol. The summed E-state index contributed by atoms with van der Waals surface area (Å²) in [6, 6.07) is 0. The van der Waals surface area contributed by atoms with Crippen LogP contribution in [0.2, 0.25) is 0 Å². The molecule has 1 aliphatic heterocycles. The molecule has 0 bridgehead atoms. The van der Waals surface area contributed by atoms with E-state index >= 15 is 0 Å². The number of phenolic OH excluding ortho intramolecular Hbond substituents is 1. The molecule has 3 rings (SSSR count). The maximum atomic E-state index is 13.3. The van der Waals surface area contributed by atoms with Crippen LogP contribution in [0, 0.1) is 41.5 Å². The molecule has 1 aromatic heterocycles. The number of aromatic hydroxyl groups is 1. The first-order chi connectivity index (χ1) is 11.6. The Morgan fingerprint density at radius 1 is 1.12 bits per heavy atom. The first-order valence-electron chi connectivity index (χ1n) is 8.62. The van der Waals surface area contributed by atoms with Crippen molar-refractivity contribution in [2.75, 3.05) is 0 Å². The van der Waals surface area contributed by atoms with Gasteiger partial charge < -0.3 is 9.84 Å². The van der Waals surface area contributed by atoms with Crippen molar-refractivity contribution in [3.05, 3.63) is 37.8 Å². The molecule has 0 aliphatic carbocycles. The van der Waals surface area contributed by atoms with Gasteiger partial charge in [0.2, 0.25) is 16.3 Å². The van der Waals surface area contributed by atoms with Crippen molar-refractivity contribution in [2.45, 2.75) is 66.9 Å². The Hall–Kier alpha value is -1.88. The van der Waals surface area contributed by atoms with Gasteiger partial charge in [0.1, 0.15) is 11.5 Å². The van der Waals surface area contributed by atoms with E-state index in [0.717, 1.165) is 50.0 Å². The van der Waals surface area contributed by atoms with Crippen molar-refractivity contribution in [3.63, 3.8) is 0 Å². The molecule has 25 heavy (non-hydrogen) atoms. The van der Waals surface area contributed by atoms with Crippen LogP contribution in [-0.2, 0) is 6.42 Å². The minimum absolute atomic E-state index is 0.0136. The fraction of sp³-hybridized carbons (Fsp3) is 0.500. The lowest BCUT2D eigenvalue weighted by Crippen LogP contribution is -2.60. The number of rotatable bonds is 1. The normalized spacial score (nSPS) is 19.5. The first kappa shape index (κ1) is 17.9. The van der Waals surface area contributed by atoms with Gasteiger partial charge in [0, 0.05) is 25.8 Å². The molecule has 2 heterocycles. The second kappa shape index (κ2) is 5.84. The number of carbonyl (C=O) groups excluding carboxylic acids is 1. The van der Waals surface area contributed by atoms with Crippen LogP contribution in [0.25, 0.3) is 0 Å². The van der Waals surface area contributed by atoms with E-state index in [1.165, 1.54) is 0 Å². The van der Waals surface area contributed by atoms with Gasteiger partial charge in [0.05, 0.1) is 4.88 Å². The van der Waals surface area contributed by atoms with Crippen molar-refractivity contribution in [2.24, 2.45) is 0 Å². The molecular weight excluding hydrogens is 334 g/mol. The summed E-state index contributed by atoms with van der Waals surface area (Å²) >= 11 is 1.64. The number of aromatic nitrogens is 1. The van der Waals surface area contributed by atoms with Crippen molar-refractivity contribution in [1.82, 2.24) is 0 Å². The van der Waals surface area contributed by atoms with Gasteiger partial charge >= 0.3 is 5.91 Å². The van der Waals surface area contributed by atoms with Crippen LogP contribution in [0.1, 0.15) is 56.0 Å². The van der Waals surface area contributed by atoms with E-state index < -0.39 is 5.60 Å². The van der Waals surface area contributed by atoms with Crippen molar-refractivity contribution in [1.29, 1.82) is 0 Å². The summed E-state index contributed by atoms with van der Waals surface area (Å²) in [6.07, 6.45) is 1.32. The highest BCUT2D eigenvalue weighted by molar-refractivity contribution is 7.11. The smallest absolute Gasteiger partial charge is 0.436 e. The third kappa shape index (κ3) is 2.56. The zero-order valence-electron chi connectivity index (χ0n) is 16.0. The second-order valence-corrected chi connectivity index (χ2v) is 8.67. The molecule has 0 saturated carbocycles. The van der Waals surface area contributed by atoms with Crippen molar-refractivity contribution < 1.29 is 19.2 Å². The number of nitrogens with zero attached hydrogens (tertiary/aromatic N) is 1. The Kier molecular flexibility index (Phi) is 4.18. The summed E-state index contributed by atoms with van der Waals surface area (Å²) in [5.74, 6) is 1.09. The molecule has 1 unspecified atom stereocenters. The van der Waals surface area contributed by atoms with Crippen LogP contribution >= 0.6 is 11.3 Å². The molecule has 0 saturated heterocycles. The molecule has 1 N–H and O–H groups in total. The minimum Gasteiger partial charge on any atom is -0.507 e. The second-order valence-electron chi connectivity index (χ2n) is 7.27. The monoisotopic (exact) mass is 360 g/mol. The molecule has 4 nitrogen and oxygen atoms in total. The van der Waals surface area contributed by atoms with Crippen molar-refractivity contribution >= 4 is 17.2 Å². The summed E-state index contributed by atoms with van der Waals surface area (Å²) in [5, 5.41) is 11.3.